The van der Waals surface area contributed by atoms with Gasteiger partial charge in [0.25, 0.3) is 5.91 Å². The maximum absolute atomic E-state index is 11.2. The van der Waals surface area contributed by atoms with Crippen molar-refractivity contribution in [2.24, 2.45) is 16.1 Å². The number of carbonyl (C=O) groups is 1. The number of H-pyrrole nitrogens is 1. The van der Waals surface area contributed by atoms with Crippen LogP contribution >= 0.6 is 11.6 Å². The molecule has 1 aromatic heterocycles. The van der Waals surface area contributed by atoms with E-state index in [1.807, 2.05) is 30.3 Å². The van der Waals surface area contributed by atoms with Gasteiger partial charge >= 0.3 is 0 Å². The second-order valence-corrected chi connectivity index (χ2v) is 4.60. The molecule has 0 saturated carbocycles. The Labute approximate surface area is 126 Å². The van der Waals surface area contributed by atoms with E-state index in [9.17, 15) is 4.79 Å². The highest BCUT2D eigenvalue weighted by Gasteiger charge is 2.11. The molecule has 1 aromatic carbocycles. The Morgan fingerprint density at radius 2 is 2.14 bits per heavy atom. The Morgan fingerprint density at radius 1 is 1.38 bits per heavy atom. The molecule has 0 saturated heterocycles. The lowest BCUT2D eigenvalue weighted by Crippen LogP contribution is -2.19. The van der Waals surface area contributed by atoms with Gasteiger partial charge in [-0.2, -0.15) is 0 Å². The lowest BCUT2D eigenvalue weighted by molar-refractivity contribution is 0.0996. The Kier molecular flexibility index (Phi) is 5.28. The number of hydrogen-bond acceptors (Lipinski definition) is 4. The number of carbonyl (C=O) groups excluding carboxylic acids is 1. The van der Waals surface area contributed by atoms with Crippen LogP contribution in [0.25, 0.3) is 0 Å². The zero-order valence-corrected chi connectivity index (χ0v) is 12.0. The molecule has 7 nitrogen and oxygen atoms in total. The molecule has 0 unspecified atom stereocenters. The van der Waals surface area contributed by atoms with Crippen molar-refractivity contribution in [2.45, 2.75) is 6.54 Å². The van der Waals surface area contributed by atoms with E-state index in [0.717, 1.165) is 5.56 Å². The largest absolute Gasteiger partial charge is 0.364 e. The van der Waals surface area contributed by atoms with Crippen LogP contribution in [0.4, 0.5) is 5.82 Å². The van der Waals surface area contributed by atoms with Crippen LogP contribution in [0.15, 0.2) is 47.0 Å². The number of hydrogen-bond donors (Lipinski definition) is 2. The lowest BCUT2D eigenvalue weighted by Gasteiger charge is -2.15. The van der Waals surface area contributed by atoms with Crippen molar-refractivity contribution in [1.29, 1.82) is 0 Å². The molecular weight excluding hydrogens is 292 g/mol. The first-order chi connectivity index (χ1) is 10.2. The number of alkyl halides is 1. The van der Waals surface area contributed by atoms with Crippen LogP contribution in [0, 0.1) is 0 Å². The monoisotopic (exact) mass is 306 g/mol. The van der Waals surface area contributed by atoms with E-state index >= 15 is 0 Å². The number of halogens is 1. The second-order valence-electron chi connectivity index (χ2n) is 4.22. The minimum absolute atomic E-state index is 0.129. The van der Waals surface area contributed by atoms with Crippen LogP contribution in [0.2, 0.25) is 0 Å². The normalized spacial score (nSPS) is 10.9. The highest BCUT2D eigenvalue weighted by Crippen LogP contribution is 2.14. The number of imidazole rings is 1. The maximum Gasteiger partial charge on any atom is 0.269 e. The SMILES string of the molecule is NC(=O)c1[nH]cnc1/N=N/N(CCCl)Cc1ccccc1. The minimum Gasteiger partial charge on any atom is -0.364 e. The third-order valence-corrected chi connectivity index (χ3v) is 2.85. The van der Waals surface area contributed by atoms with Gasteiger partial charge in [-0.15, -0.1) is 16.7 Å². The number of aromatic amines is 1. The van der Waals surface area contributed by atoms with E-state index in [1.165, 1.54) is 6.33 Å². The van der Waals surface area contributed by atoms with Gasteiger partial charge in [0.1, 0.15) is 0 Å². The summed E-state index contributed by atoms with van der Waals surface area (Å²) < 4.78 is 0. The third-order valence-electron chi connectivity index (χ3n) is 2.68. The van der Waals surface area contributed by atoms with Crippen molar-refractivity contribution in [2.75, 3.05) is 12.4 Å². The number of nitrogens with one attached hydrogen (secondary N) is 1. The summed E-state index contributed by atoms with van der Waals surface area (Å²) in [5.41, 5.74) is 6.41. The molecule has 0 aliphatic carbocycles. The number of amides is 1. The van der Waals surface area contributed by atoms with Crippen molar-refractivity contribution in [1.82, 2.24) is 15.0 Å². The predicted octanol–water partition coefficient (Wildman–Crippen LogP) is 2.25. The van der Waals surface area contributed by atoms with Gasteiger partial charge < -0.3 is 10.7 Å². The van der Waals surface area contributed by atoms with Gasteiger partial charge in [-0.05, 0) is 5.56 Å². The van der Waals surface area contributed by atoms with Gasteiger partial charge in [0.2, 0.25) is 5.82 Å². The fourth-order valence-electron chi connectivity index (χ4n) is 1.70. The summed E-state index contributed by atoms with van der Waals surface area (Å²) in [7, 11) is 0. The summed E-state index contributed by atoms with van der Waals surface area (Å²) >= 11 is 5.77. The van der Waals surface area contributed by atoms with Crippen LogP contribution in [-0.2, 0) is 6.54 Å². The Bertz CT molecular complexity index is 612. The van der Waals surface area contributed by atoms with E-state index in [2.05, 4.69) is 20.3 Å². The zero-order valence-electron chi connectivity index (χ0n) is 11.2. The molecule has 8 heteroatoms. The molecule has 0 aliphatic rings. The van der Waals surface area contributed by atoms with Gasteiger partial charge in [0.05, 0.1) is 19.4 Å². The molecule has 110 valence electrons. The number of rotatable bonds is 7. The third kappa shape index (κ3) is 4.28. The van der Waals surface area contributed by atoms with Crippen LogP contribution in [0.3, 0.4) is 0 Å². The van der Waals surface area contributed by atoms with Crippen molar-refractivity contribution < 1.29 is 4.79 Å². The Hall–Kier alpha value is -2.41. The van der Waals surface area contributed by atoms with Gasteiger partial charge in [-0.3, -0.25) is 9.80 Å². The second kappa shape index (κ2) is 7.39. The molecule has 0 atom stereocenters. The average Bonchev–Trinajstić information content (AvgIpc) is 2.95. The lowest BCUT2D eigenvalue weighted by atomic mass is 10.2. The average molecular weight is 307 g/mol. The summed E-state index contributed by atoms with van der Waals surface area (Å²) in [5.74, 6) is -0.0571. The summed E-state index contributed by atoms with van der Waals surface area (Å²) in [4.78, 5) is 17.7. The number of nitrogens with two attached hydrogens (primary N) is 1. The topological polar surface area (TPSA) is 99.7 Å². The van der Waals surface area contributed by atoms with Crippen molar-refractivity contribution >= 4 is 23.3 Å². The number of aromatic nitrogens is 2. The molecule has 1 heterocycles. The van der Waals surface area contributed by atoms with Gasteiger partial charge in [-0.25, -0.2) is 4.98 Å². The van der Waals surface area contributed by atoms with Crippen LogP contribution < -0.4 is 5.73 Å². The molecule has 1 amide bonds. The number of benzene rings is 1. The molecule has 2 aromatic rings. The number of primary amides is 1. The van der Waals surface area contributed by atoms with Crippen LogP contribution in [-0.4, -0.2) is 33.3 Å². The molecular formula is C13H15ClN6O. The van der Waals surface area contributed by atoms with E-state index in [-0.39, 0.29) is 11.5 Å². The standard InChI is InChI=1S/C13H15ClN6O/c14-6-7-20(8-10-4-2-1-3-5-10)19-18-13-11(12(15)21)16-9-17-13/h1-5,9H,6-8H2,(H2,15,21)(H,16,17)/b19-18+. The van der Waals surface area contributed by atoms with Crippen LogP contribution in [0.1, 0.15) is 16.1 Å². The van der Waals surface area contributed by atoms with Gasteiger partial charge in [-0.1, -0.05) is 35.6 Å². The molecule has 2 rings (SSSR count). The zero-order chi connectivity index (χ0) is 15.1. The minimum atomic E-state index is -0.631. The summed E-state index contributed by atoms with van der Waals surface area (Å²) in [6, 6.07) is 9.81. The molecule has 0 radical (unpaired) electrons. The highest BCUT2D eigenvalue weighted by molar-refractivity contribution is 6.18. The van der Waals surface area contributed by atoms with E-state index < -0.39 is 5.91 Å². The quantitative estimate of drug-likeness (QED) is 0.466. The molecule has 0 spiro atoms. The molecule has 0 aliphatic heterocycles. The summed E-state index contributed by atoms with van der Waals surface area (Å²) in [5, 5.41) is 9.73. The first-order valence-electron chi connectivity index (χ1n) is 6.30. The van der Waals surface area contributed by atoms with E-state index in [0.29, 0.717) is 19.0 Å². The summed E-state index contributed by atoms with van der Waals surface area (Å²) in [6.45, 7) is 1.09. The molecule has 21 heavy (non-hydrogen) atoms. The maximum atomic E-state index is 11.2. The smallest absolute Gasteiger partial charge is 0.269 e. The summed E-state index contributed by atoms with van der Waals surface area (Å²) in [6.07, 6.45) is 1.34. The van der Waals surface area contributed by atoms with Gasteiger partial charge in [0.15, 0.2) is 5.69 Å². The fourth-order valence-corrected chi connectivity index (χ4v) is 1.89. The van der Waals surface area contributed by atoms with E-state index in [4.69, 9.17) is 17.3 Å². The first kappa shape index (κ1) is 15.0. The first-order valence-corrected chi connectivity index (χ1v) is 6.84. The molecule has 3 N–H and O–H groups in total. The van der Waals surface area contributed by atoms with Crippen LogP contribution in [0.5, 0.6) is 0 Å². The van der Waals surface area contributed by atoms with Gasteiger partial charge in [0, 0.05) is 5.88 Å². The van der Waals surface area contributed by atoms with Crippen molar-refractivity contribution in [3.63, 3.8) is 0 Å². The Morgan fingerprint density at radius 3 is 2.81 bits per heavy atom. The molecule has 0 fully saturated rings. The highest BCUT2D eigenvalue weighted by atomic mass is 35.5. The van der Waals surface area contributed by atoms with Crippen molar-refractivity contribution in [3.05, 3.63) is 47.9 Å². The number of nitrogens with zero attached hydrogens (tertiary/aromatic N) is 4. The van der Waals surface area contributed by atoms with E-state index in [1.54, 1.807) is 5.01 Å². The molecule has 0 bridgehead atoms. The van der Waals surface area contributed by atoms with Crippen molar-refractivity contribution in [3.8, 4) is 0 Å². The predicted molar refractivity (Wildman–Crippen MR) is 79.2 cm³/mol. The Balaban J connectivity index is 2.10. The fraction of sp³-hybridized carbons (Fsp3) is 0.231.